The van der Waals surface area contributed by atoms with Crippen LogP contribution in [0.15, 0.2) is 40.9 Å². The SMILES string of the molecule is Cc1c(C(=O)N2CCCC(C(=O)Nc3ccc(Cl)cn3)C2)oc2ccc(Cl)cc12. The molecule has 8 heteroatoms. The minimum Gasteiger partial charge on any atom is -0.451 e. The van der Waals surface area contributed by atoms with E-state index in [1.807, 2.05) is 6.92 Å². The first-order valence-corrected chi connectivity index (χ1v) is 10.1. The number of hydrogen-bond donors (Lipinski definition) is 1. The van der Waals surface area contributed by atoms with Gasteiger partial charge in [-0.1, -0.05) is 23.2 Å². The fourth-order valence-corrected chi connectivity index (χ4v) is 3.88. The Balaban J connectivity index is 1.49. The van der Waals surface area contributed by atoms with E-state index in [1.54, 1.807) is 35.2 Å². The smallest absolute Gasteiger partial charge is 0.289 e. The molecule has 1 atom stereocenters. The van der Waals surface area contributed by atoms with Gasteiger partial charge >= 0.3 is 0 Å². The maximum Gasteiger partial charge on any atom is 0.289 e. The van der Waals surface area contributed by atoms with Gasteiger partial charge in [-0.2, -0.15) is 0 Å². The Morgan fingerprint density at radius 2 is 2.00 bits per heavy atom. The molecule has 1 aromatic carbocycles. The number of carbonyl (C=O) groups excluding carboxylic acids is 2. The highest BCUT2D eigenvalue weighted by Crippen LogP contribution is 2.30. The Bertz CT molecular complexity index is 1080. The molecule has 3 heterocycles. The van der Waals surface area contributed by atoms with E-state index >= 15 is 0 Å². The van der Waals surface area contributed by atoms with E-state index in [1.165, 1.54) is 6.20 Å². The number of halogens is 2. The molecule has 3 aromatic rings. The summed E-state index contributed by atoms with van der Waals surface area (Å²) in [6, 6.07) is 8.59. The van der Waals surface area contributed by atoms with Crippen LogP contribution in [0.1, 0.15) is 29.0 Å². The van der Waals surface area contributed by atoms with Crippen LogP contribution >= 0.6 is 23.2 Å². The van der Waals surface area contributed by atoms with Crippen molar-refractivity contribution < 1.29 is 14.0 Å². The van der Waals surface area contributed by atoms with Crippen LogP contribution in [-0.4, -0.2) is 34.8 Å². The first-order valence-electron chi connectivity index (χ1n) is 9.32. The van der Waals surface area contributed by atoms with Crippen LogP contribution in [0.4, 0.5) is 5.82 Å². The second-order valence-corrected chi connectivity index (χ2v) is 8.01. The summed E-state index contributed by atoms with van der Waals surface area (Å²) in [5, 5.41) is 4.70. The van der Waals surface area contributed by atoms with Gasteiger partial charge in [-0.05, 0) is 50.1 Å². The number of rotatable bonds is 3. The molecule has 0 radical (unpaired) electrons. The Morgan fingerprint density at radius 1 is 1.21 bits per heavy atom. The number of nitrogens with one attached hydrogen (secondary N) is 1. The van der Waals surface area contributed by atoms with Gasteiger partial charge in [0.25, 0.3) is 5.91 Å². The zero-order valence-electron chi connectivity index (χ0n) is 15.7. The van der Waals surface area contributed by atoms with Crippen LogP contribution in [0.2, 0.25) is 10.0 Å². The summed E-state index contributed by atoms with van der Waals surface area (Å²) in [7, 11) is 0. The normalized spacial score (nSPS) is 16.8. The van der Waals surface area contributed by atoms with Crippen LogP contribution in [0.3, 0.4) is 0 Å². The van der Waals surface area contributed by atoms with E-state index in [9.17, 15) is 9.59 Å². The summed E-state index contributed by atoms with van der Waals surface area (Å²) < 4.78 is 5.80. The lowest BCUT2D eigenvalue weighted by atomic mass is 9.96. The number of carbonyl (C=O) groups is 2. The van der Waals surface area contributed by atoms with Gasteiger partial charge in [-0.25, -0.2) is 4.98 Å². The molecule has 6 nitrogen and oxygen atoms in total. The van der Waals surface area contributed by atoms with E-state index in [0.29, 0.717) is 46.7 Å². The van der Waals surface area contributed by atoms with Crippen molar-refractivity contribution in [2.75, 3.05) is 18.4 Å². The second-order valence-electron chi connectivity index (χ2n) is 7.14. The lowest BCUT2D eigenvalue weighted by Gasteiger charge is -2.31. The van der Waals surface area contributed by atoms with Crippen molar-refractivity contribution in [3.8, 4) is 0 Å². The number of fused-ring (bicyclic) bond motifs is 1. The molecule has 2 aromatic heterocycles. The summed E-state index contributed by atoms with van der Waals surface area (Å²) in [5.74, 6) is 0.0437. The Morgan fingerprint density at radius 3 is 2.76 bits per heavy atom. The molecule has 1 N–H and O–H groups in total. The minimum atomic E-state index is -0.315. The van der Waals surface area contributed by atoms with Crippen LogP contribution in [0, 0.1) is 12.8 Å². The van der Waals surface area contributed by atoms with E-state index in [4.69, 9.17) is 27.6 Å². The van der Waals surface area contributed by atoms with Crippen LogP contribution in [-0.2, 0) is 4.79 Å². The third-order valence-electron chi connectivity index (χ3n) is 5.15. The van der Waals surface area contributed by atoms with Crippen molar-refractivity contribution in [2.24, 2.45) is 5.92 Å². The molecular formula is C21H19Cl2N3O3. The summed E-state index contributed by atoms with van der Waals surface area (Å²) in [4.78, 5) is 31.5. The number of pyridine rings is 1. The highest BCUT2D eigenvalue weighted by atomic mass is 35.5. The number of amides is 2. The zero-order chi connectivity index (χ0) is 20.5. The fraction of sp³-hybridized carbons (Fsp3) is 0.286. The van der Waals surface area contributed by atoms with Gasteiger partial charge < -0.3 is 14.6 Å². The Kier molecular flexibility index (Phi) is 5.48. The van der Waals surface area contributed by atoms with Gasteiger partial charge in [-0.3, -0.25) is 9.59 Å². The third-order valence-corrected chi connectivity index (χ3v) is 5.61. The number of nitrogens with zero attached hydrogens (tertiary/aromatic N) is 2. The summed E-state index contributed by atoms with van der Waals surface area (Å²) in [5.41, 5.74) is 1.37. The van der Waals surface area contributed by atoms with Crippen LogP contribution in [0.5, 0.6) is 0 Å². The number of furan rings is 1. The fourth-order valence-electron chi connectivity index (χ4n) is 3.59. The maximum absolute atomic E-state index is 13.1. The quantitative estimate of drug-likeness (QED) is 0.637. The highest BCUT2D eigenvalue weighted by molar-refractivity contribution is 6.31. The number of benzene rings is 1. The number of anilines is 1. The van der Waals surface area contributed by atoms with Crippen LogP contribution in [0.25, 0.3) is 11.0 Å². The number of aromatic nitrogens is 1. The largest absolute Gasteiger partial charge is 0.451 e. The van der Waals surface area contributed by atoms with Gasteiger partial charge in [0.15, 0.2) is 5.76 Å². The number of likely N-dealkylation sites (tertiary alicyclic amines) is 1. The number of aryl methyl sites for hydroxylation is 1. The minimum absolute atomic E-state index is 0.162. The zero-order valence-corrected chi connectivity index (χ0v) is 17.3. The van der Waals surface area contributed by atoms with E-state index in [-0.39, 0.29) is 17.7 Å². The molecule has 150 valence electrons. The predicted molar refractivity (Wildman–Crippen MR) is 112 cm³/mol. The Labute approximate surface area is 177 Å². The number of piperidine rings is 1. The Hall–Kier alpha value is -2.57. The molecule has 29 heavy (non-hydrogen) atoms. The van der Waals surface area contributed by atoms with Crippen molar-refractivity contribution in [1.82, 2.24) is 9.88 Å². The van der Waals surface area contributed by atoms with E-state index in [0.717, 1.165) is 17.4 Å². The lowest BCUT2D eigenvalue weighted by Crippen LogP contribution is -2.43. The molecule has 1 saturated heterocycles. The van der Waals surface area contributed by atoms with Crippen molar-refractivity contribution >= 4 is 51.8 Å². The molecule has 1 aliphatic heterocycles. The third kappa shape index (κ3) is 4.09. The van der Waals surface area contributed by atoms with E-state index in [2.05, 4.69) is 10.3 Å². The lowest BCUT2D eigenvalue weighted by molar-refractivity contribution is -0.121. The van der Waals surface area contributed by atoms with E-state index < -0.39 is 0 Å². The molecule has 2 amide bonds. The average molecular weight is 432 g/mol. The molecule has 1 fully saturated rings. The van der Waals surface area contributed by atoms with Crippen molar-refractivity contribution in [3.05, 3.63) is 57.9 Å². The molecule has 1 unspecified atom stereocenters. The first-order chi connectivity index (χ1) is 13.9. The van der Waals surface area contributed by atoms with Gasteiger partial charge in [0.1, 0.15) is 11.4 Å². The van der Waals surface area contributed by atoms with Crippen molar-refractivity contribution in [3.63, 3.8) is 0 Å². The van der Waals surface area contributed by atoms with Crippen LogP contribution < -0.4 is 5.32 Å². The second kappa shape index (κ2) is 8.05. The topological polar surface area (TPSA) is 75.4 Å². The van der Waals surface area contributed by atoms with Gasteiger partial charge in [0, 0.05) is 35.3 Å². The van der Waals surface area contributed by atoms with Gasteiger partial charge in [-0.15, -0.1) is 0 Å². The molecule has 1 aliphatic rings. The molecule has 0 saturated carbocycles. The van der Waals surface area contributed by atoms with Gasteiger partial charge in [0.05, 0.1) is 10.9 Å². The average Bonchev–Trinajstić information content (AvgIpc) is 3.05. The number of hydrogen-bond acceptors (Lipinski definition) is 4. The van der Waals surface area contributed by atoms with Crippen molar-refractivity contribution in [1.29, 1.82) is 0 Å². The first kappa shape index (κ1) is 19.7. The molecule has 0 bridgehead atoms. The molecule has 4 rings (SSSR count). The molecular weight excluding hydrogens is 413 g/mol. The molecule has 0 spiro atoms. The van der Waals surface area contributed by atoms with Gasteiger partial charge in [0.2, 0.25) is 5.91 Å². The van der Waals surface area contributed by atoms with Crippen molar-refractivity contribution in [2.45, 2.75) is 19.8 Å². The maximum atomic E-state index is 13.1. The molecule has 0 aliphatic carbocycles. The summed E-state index contributed by atoms with van der Waals surface area (Å²) >= 11 is 11.9. The highest BCUT2D eigenvalue weighted by Gasteiger charge is 2.31. The summed E-state index contributed by atoms with van der Waals surface area (Å²) in [6.45, 7) is 2.75. The monoisotopic (exact) mass is 431 g/mol. The standard InChI is InChI=1S/C21H19Cl2N3O3/c1-12-16-9-14(22)4-6-17(16)29-19(12)21(28)26-8-2-3-13(11-26)20(27)25-18-7-5-15(23)10-24-18/h4-7,9-10,13H,2-3,8,11H2,1H3,(H,24,25,27). The summed E-state index contributed by atoms with van der Waals surface area (Å²) in [6.07, 6.45) is 2.92. The predicted octanol–water partition coefficient (Wildman–Crippen LogP) is 4.93.